The standard InChI is InChI=1S/C18H24N4O2S.HI/c1-2-19-18(21-10-9-14-6-5-13-25-14)22-12-11-20-17(24)15-7-3-4-8-16(15)23;/h3-8,13,23H,2,9-12H2,1H3,(H,20,24)(H2,19,21,22);1H. The van der Waals surface area contributed by atoms with Gasteiger partial charge in [0, 0.05) is 37.5 Å². The van der Waals surface area contributed by atoms with E-state index in [1.165, 1.54) is 10.9 Å². The van der Waals surface area contributed by atoms with Gasteiger partial charge in [-0.15, -0.1) is 35.3 Å². The molecule has 0 fully saturated rings. The monoisotopic (exact) mass is 488 g/mol. The molecule has 0 aliphatic carbocycles. The van der Waals surface area contributed by atoms with E-state index in [1.54, 1.807) is 29.5 Å². The van der Waals surface area contributed by atoms with E-state index in [0.29, 0.717) is 19.6 Å². The summed E-state index contributed by atoms with van der Waals surface area (Å²) in [6.45, 7) is 4.47. The number of aliphatic imine (C=N–C) groups is 1. The molecular formula is C18H25IN4O2S. The van der Waals surface area contributed by atoms with Gasteiger partial charge in [0.2, 0.25) is 0 Å². The Morgan fingerprint density at radius 3 is 2.58 bits per heavy atom. The van der Waals surface area contributed by atoms with Crippen LogP contribution in [0.25, 0.3) is 0 Å². The highest BCUT2D eigenvalue weighted by molar-refractivity contribution is 14.0. The minimum Gasteiger partial charge on any atom is -0.507 e. The number of benzene rings is 1. The highest BCUT2D eigenvalue weighted by Crippen LogP contribution is 2.14. The lowest BCUT2D eigenvalue weighted by Gasteiger charge is -2.12. The van der Waals surface area contributed by atoms with Crippen LogP contribution in [0.1, 0.15) is 22.2 Å². The molecule has 0 aliphatic rings. The first kappa shape index (κ1) is 22.2. The number of thiophene rings is 1. The van der Waals surface area contributed by atoms with Crippen LogP contribution in [0.5, 0.6) is 5.75 Å². The van der Waals surface area contributed by atoms with Gasteiger partial charge in [-0.3, -0.25) is 9.79 Å². The zero-order valence-electron chi connectivity index (χ0n) is 14.7. The maximum Gasteiger partial charge on any atom is 0.255 e. The number of hydrogen-bond donors (Lipinski definition) is 4. The quantitative estimate of drug-likeness (QED) is 0.199. The Morgan fingerprint density at radius 1 is 1.12 bits per heavy atom. The molecule has 0 aliphatic heterocycles. The fourth-order valence-electron chi connectivity index (χ4n) is 2.19. The van der Waals surface area contributed by atoms with Crippen molar-refractivity contribution in [2.24, 2.45) is 4.99 Å². The molecule has 6 nitrogen and oxygen atoms in total. The highest BCUT2D eigenvalue weighted by Gasteiger charge is 2.09. The van der Waals surface area contributed by atoms with E-state index < -0.39 is 0 Å². The second kappa shape index (κ2) is 12.5. The molecule has 0 saturated carbocycles. The molecule has 4 N–H and O–H groups in total. The van der Waals surface area contributed by atoms with Crippen LogP contribution >= 0.6 is 35.3 Å². The van der Waals surface area contributed by atoms with Gasteiger partial charge in [0.15, 0.2) is 5.96 Å². The van der Waals surface area contributed by atoms with Crippen LogP contribution in [-0.2, 0) is 6.42 Å². The maximum atomic E-state index is 12.0. The van der Waals surface area contributed by atoms with Crippen molar-refractivity contribution >= 4 is 47.2 Å². The minimum absolute atomic E-state index is 0. The van der Waals surface area contributed by atoms with Crippen molar-refractivity contribution in [2.75, 3.05) is 26.2 Å². The smallest absolute Gasteiger partial charge is 0.255 e. The summed E-state index contributed by atoms with van der Waals surface area (Å²) in [6.07, 6.45) is 0.915. The van der Waals surface area contributed by atoms with Crippen LogP contribution in [0.2, 0.25) is 0 Å². The predicted molar refractivity (Wildman–Crippen MR) is 118 cm³/mol. The molecule has 2 aromatic rings. The molecule has 2 rings (SSSR count). The third kappa shape index (κ3) is 7.61. The normalized spacial score (nSPS) is 10.7. The average Bonchev–Trinajstić information content (AvgIpc) is 3.12. The van der Waals surface area contributed by atoms with Crippen LogP contribution in [0.15, 0.2) is 46.8 Å². The van der Waals surface area contributed by atoms with Gasteiger partial charge in [-0.05, 0) is 30.5 Å². The molecule has 0 atom stereocenters. The first-order valence-corrected chi connectivity index (χ1v) is 9.19. The lowest BCUT2D eigenvalue weighted by Crippen LogP contribution is -2.41. The number of nitrogens with one attached hydrogen (secondary N) is 3. The fraction of sp³-hybridized carbons (Fsp3) is 0.333. The van der Waals surface area contributed by atoms with E-state index >= 15 is 0 Å². The van der Waals surface area contributed by atoms with Crippen LogP contribution in [0, 0.1) is 0 Å². The molecule has 1 aromatic heterocycles. The summed E-state index contributed by atoms with van der Waals surface area (Å²) in [7, 11) is 0. The molecule has 0 radical (unpaired) electrons. The lowest BCUT2D eigenvalue weighted by molar-refractivity contribution is 0.0951. The molecule has 8 heteroatoms. The van der Waals surface area contributed by atoms with Gasteiger partial charge in [-0.2, -0.15) is 0 Å². The van der Waals surface area contributed by atoms with Crippen LogP contribution < -0.4 is 16.0 Å². The summed E-state index contributed by atoms with van der Waals surface area (Å²) in [5.41, 5.74) is 0.277. The molecule has 142 valence electrons. The summed E-state index contributed by atoms with van der Waals surface area (Å²) in [5, 5.41) is 20.9. The maximum absolute atomic E-state index is 12.0. The topological polar surface area (TPSA) is 85.8 Å². The Hall–Kier alpha value is -1.81. The van der Waals surface area contributed by atoms with Gasteiger partial charge in [0.05, 0.1) is 5.56 Å². The third-order valence-electron chi connectivity index (χ3n) is 3.40. The molecule has 1 heterocycles. The molecule has 1 aromatic carbocycles. The van der Waals surface area contributed by atoms with Gasteiger partial charge >= 0.3 is 0 Å². The van der Waals surface area contributed by atoms with E-state index in [0.717, 1.165) is 18.9 Å². The van der Waals surface area contributed by atoms with E-state index in [4.69, 9.17) is 0 Å². The molecule has 26 heavy (non-hydrogen) atoms. The summed E-state index contributed by atoms with van der Waals surface area (Å²) >= 11 is 1.73. The number of aromatic hydroxyl groups is 1. The Kier molecular flexibility index (Phi) is 10.7. The zero-order chi connectivity index (χ0) is 17.9. The predicted octanol–water partition coefficient (Wildman–Crippen LogP) is 2.60. The van der Waals surface area contributed by atoms with Crippen LogP contribution in [0.4, 0.5) is 0 Å². The van der Waals surface area contributed by atoms with Gasteiger partial charge in [0.1, 0.15) is 5.75 Å². The second-order valence-corrected chi connectivity index (χ2v) is 6.32. The van der Waals surface area contributed by atoms with Crippen molar-refractivity contribution in [1.82, 2.24) is 16.0 Å². The van der Waals surface area contributed by atoms with Crippen LogP contribution in [0.3, 0.4) is 0 Å². The summed E-state index contributed by atoms with van der Waals surface area (Å²) in [6, 6.07) is 10.6. The average molecular weight is 488 g/mol. The Labute approximate surface area is 175 Å². The zero-order valence-corrected chi connectivity index (χ0v) is 17.8. The molecular weight excluding hydrogens is 463 g/mol. The Balaban J connectivity index is 0.00000338. The number of nitrogens with zero attached hydrogens (tertiary/aromatic N) is 1. The van der Waals surface area contributed by atoms with E-state index in [1.807, 2.05) is 13.0 Å². The second-order valence-electron chi connectivity index (χ2n) is 5.29. The van der Waals surface area contributed by atoms with E-state index in [2.05, 4.69) is 32.4 Å². The fourth-order valence-corrected chi connectivity index (χ4v) is 2.89. The minimum atomic E-state index is -0.292. The number of guanidine groups is 1. The van der Waals surface area contributed by atoms with Gasteiger partial charge in [-0.1, -0.05) is 18.2 Å². The number of amides is 1. The summed E-state index contributed by atoms with van der Waals surface area (Å²) in [4.78, 5) is 17.8. The number of carbonyl (C=O) groups is 1. The van der Waals surface area contributed by atoms with Crippen molar-refractivity contribution < 1.29 is 9.90 Å². The van der Waals surface area contributed by atoms with E-state index in [-0.39, 0.29) is 41.2 Å². The number of halogens is 1. The largest absolute Gasteiger partial charge is 0.507 e. The number of phenolic OH excluding ortho intramolecular Hbond substituents is 1. The van der Waals surface area contributed by atoms with Crippen molar-refractivity contribution in [3.63, 3.8) is 0 Å². The molecule has 0 spiro atoms. The number of rotatable bonds is 8. The van der Waals surface area contributed by atoms with Crippen molar-refractivity contribution in [3.8, 4) is 5.75 Å². The number of hydrogen-bond acceptors (Lipinski definition) is 4. The summed E-state index contributed by atoms with van der Waals surface area (Å²) in [5.74, 6) is 0.423. The van der Waals surface area contributed by atoms with Crippen molar-refractivity contribution in [1.29, 1.82) is 0 Å². The van der Waals surface area contributed by atoms with Gasteiger partial charge in [-0.25, -0.2) is 0 Å². The number of carbonyl (C=O) groups excluding carboxylic acids is 1. The number of phenols is 1. The first-order valence-electron chi connectivity index (χ1n) is 8.31. The highest BCUT2D eigenvalue weighted by atomic mass is 127. The molecule has 0 saturated heterocycles. The van der Waals surface area contributed by atoms with Gasteiger partial charge < -0.3 is 21.1 Å². The number of para-hydroxylation sites is 1. The first-order chi connectivity index (χ1) is 12.2. The molecule has 0 bridgehead atoms. The Bertz CT molecular complexity index is 692. The SMILES string of the molecule is CCNC(=NCCc1cccs1)NCCNC(=O)c1ccccc1O.I. The van der Waals surface area contributed by atoms with Crippen molar-refractivity contribution in [2.45, 2.75) is 13.3 Å². The third-order valence-corrected chi connectivity index (χ3v) is 4.34. The summed E-state index contributed by atoms with van der Waals surface area (Å²) < 4.78 is 0. The van der Waals surface area contributed by atoms with Crippen LogP contribution in [-0.4, -0.2) is 43.2 Å². The van der Waals surface area contributed by atoms with Gasteiger partial charge in [0.25, 0.3) is 5.91 Å². The molecule has 0 unspecified atom stereocenters. The van der Waals surface area contributed by atoms with Crippen molar-refractivity contribution in [3.05, 3.63) is 52.2 Å². The molecule has 1 amide bonds. The lowest BCUT2D eigenvalue weighted by atomic mass is 10.2. The van der Waals surface area contributed by atoms with E-state index in [9.17, 15) is 9.90 Å². The Morgan fingerprint density at radius 2 is 1.88 bits per heavy atom.